The Kier molecular flexibility index (Phi) is 3.74. The van der Waals surface area contributed by atoms with E-state index < -0.39 is 18.0 Å². The molecule has 2 aromatic rings. The highest BCUT2D eigenvalue weighted by Gasteiger charge is 2.31. The molecule has 0 spiro atoms. The van der Waals surface area contributed by atoms with Crippen LogP contribution in [0.3, 0.4) is 0 Å². The number of fused-ring (bicyclic) bond motifs is 1. The Morgan fingerprint density at radius 3 is 2.90 bits per heavy atom. The molecule has 1 heterocycles. The molecule has 0 bridgehead atoms. The van der Waals surface area contributed by atoms with Crippen LogP contribution in [0.5, 0.6) is 11.5 Å². The largest absolute Gasteiger partial charge is 0.496 e. The van der Waals surface area contributed by atoms with Crippen LogP contribution in [-0.2, 0) is 0 Å². The van der Waals surface area contributed by atoms with Crippen LogP contribution in [0.1, 0.15) is 29.8 Å². The third-order valence-corrected chi connectivity index (χ3v) is 3.93. The van der Waals surface area contributed by atoms with E-state index in [1.165, 1.54) is 18.2 Å². The van der Waals surface area contributed by atoms with Gasteiger partial charge in [-0.1, -0.05) is 17.7 Å². The maximum Gasteiger partial charge on any atom is 0.132 e. The van der Waals surface area contributed by atoms with Crippen LogP contribution < -0.4 is 9.47 Å². The number of methoxy groups -OCH3 is 1. The molecular formula is C16H14ClFO3. The number of rotatable bonds is 2. The summed E-state index contributed by atoms with van der Waals surface area (Å²) in [7, 11) is 1.54. The molecule has 0 saturated carbocycles. The van der Waals surface area contributed by atoms with E-state index in [0.29, 0.717) is 34.1 Å². The maximum atomic E-state index is 13.4. The molecule has 0 radical (unpaired) electrons. The van der Waals surface area contributed by atoms with Gasteiger partial charge >= 0.3 is 0 Å². The topological polar surface area (TPSA) is 38.7 Å². The molecule has 21 heavy (non-hydrogen) atoms. The highest BCUT2D eigenvalue weighted by Crippen LogP contribution is 2.45. The zero-order valence-electron chi connectivity index (χ0n) is 11.3. The highest BCUT2D eigenvalue weighted by molar-refractivity contribution is 6.31. The molecule has 5 heteroatoms. The van der Waals surface area contributed by atoms with Crippen molar-refractivity contribution in [2.45, 2.75) is 18.6 Å². The molecule has 3 rings (SSSR count). The number of aliphatic hydroxyl groups is 1. The molecule has 1 aliphatic rings. The van der Waals surface area contributed by atoms with Crippen LogP contribution in [0.15, 0.2) is 36.4 Å². The van der Waals surface area contributed by atoms with Gasteiger partial charge in [-0.25, -0.2) is 4.39 Å². The minimum atomic E-state index is -0.736. The molecule has 0 amide bonds. The van der Waals surface area contributed by atoms with Gasteiger partial charge in [-0.2, -0.15) is 0 Å². The normalized spacial score (nSPS) is 20.6. The molecule has 2 aromatic carbocycles. The average Bonchev–Trinajstić information content (AvgIpc) is 2.46. The third-order valence-electron chi connectivity index (χ3n) is 3.60. The Morgan fingerprint density at radius 1 is 1.33 bits per heavy atom. The van der Waals surface area contributed by atoms with Gasteiger partial charge in [-0.05, 0) is 24.3 Å². The van der Waals surface area contributed by atoms with Crippen molar-refractivity contribution < 1.29 is 19.0 Å². The van der Waals surface area contributed by atoms with Crippen LogP contribution >= 0.6 is 11.6 Å². The SMILES string of the molecule is COc1cccc(Cl)c1C1C[C@@H](O)c2ccc(F)cc2O1. The first-order valence-electron chi connectivity index (χ1n) is 6.56. The van der Waals surface area contributed by atoms with Gasteiger partial charge in [-0.15, -0.1) is 0 Å². The van der Waals surface area contributed by atoms with Crippen molar-refractivity contribution in [3.05, 3.63) is 58.4 Å². The van der Waals surface area contributed by atoms with Gasteiger partial charge in [0, 0.05) is 18.1 Å². The fourth-order valence-corrected chi connectivity index (χ4v) is 2.89. The van der Waals surface area contributed by atoms with Gasteiger partial charge in [0.15, 0.2) is 0 Å². The summed E-state index contributed by atoms with van der Waals surface area (Å²) in [5.74, 6) is 0.507. The number of aliphatic hydroxyl groups excluding tert-OH is 1. The summed E-state index contributed by atoms with van der Waals surface area (Å²) in [6.45, 7) is 0. The fraction of sp³-hybridized carbons (Fsp3) is 0.250. The predicted octanol–water partition coefficient (Wildman–Crippen LogP) is 4.04. The first-order valence-corrected chi connectivity index (χ1v) is 6.94. The van der Waals surface area contributed by atoms with Crippen molar-refractivity contribution in [3.8, 4) is 11.5 Å². The summed E-state index contributed by atoms with van der Waals surface area (Å²) >= 11 is 6.23. The van der Waals surface area contributed by atoms with E-state index in [0.717, 1.165) is 0 Å². The minimum Gasteiger partial charge on any atom is -0.496 e. The molecule has 0 aromatic heterocycles. The van der Waals surface area contributed by atoms with Crippen LogP contribution in [0.2, 0.25) is 5.02 Å². The molecule has 0 aliphatic carbocycles. The quantitative estimate of drug-likeness (QED) is 0.910. The molecular weight excluding hydrogens is 295 g/mol. The van der Waals surface area contributed by atoms with Gasteiger partial charge in [0.05, 0.1) is 23.8 Å². The van der Waals surface area contributed by atoms with E-state index in [2.05, 4.69) is 0 Å². The van der Waals surface area contributed by atoms with Crippen LogP contribution in [-0.4, -0.2) is 12.2 Å². The molecule has 2 atom stereocenters. The Labute approximate surface area is 126 Å². The van der Waals surface area contributed by atoms with E-state index in [4.69, 9.17) is 21.1 Å². The van der Waals surface area contributed by atoms with Crippen LogP contribution in [0, 0.1) is 5.82 Å². The van der Waals surface area contributed by atoms with Crippen molar-refractivity contribution >= 4 is 11.6 Å². The van der Waals surface area contributed by atoms with E-state index in [1.807, 2.05) is 0 Å². The summed E-state index contributed by atoms with van der Waals surface area (Å²) in [4.78, 5) is 0. The Morgan fingerprint density at radius 2 is 2.14 bits per heavy atom. The zero-order valence-corrected chi connectivity index (χ0v) is 12.1. The lowest BCUT2D eigenvalue weighted by Gasteiger charge is -2.31. The number of benzene rings is 2. The molecule has 3 nitrogen and oxygen atoms in total. The third kappa shape index (κ3) is 2.57. The maximum absolute atomic E-state index is 13.4. The van der Waals surface area contributed by atoms with Gasteiger partial charge in [0.2, 0.25) is 0 Å². The second-order valence-corrected chi connectivity index (χ2v) is 5.30. The van der Waals surface area contributed by atoms with Crippen LogP contribution in [0.25, 0.3) is 0 Å². The number of ether oxygens (including phenoxy) is 2. The van der Waals surface area contributed by atoms with Gasteiger partial charge in [0.25, 0.3) is 0 Å². The second-order valence-electron chi connectivity index (χ2n) is 4.90. The molecule has 110 valence electrons. The number of halogens is 2. The van der Waals surface area contributed by atoms with Gasteiger partial charge in [-0.3, -0.25) is 0 Å². The summed E-state index contributed by atoms with van der Waals surface area (Å²) < 4.78 is 24.5. The number of hydrogen-bond donors (Lipinski definition) is 1. The molecule has 0 saturated heterocycles. The molecule has 1 N–H and O–H groups in total. The van der Waals surface area contributed by atoms with Crippen molar-refractivity contribution in [1.82, 2.24) is 0 Å². The fourth-order valence-electron chi connectivity index (χ4n) is 2.60. The number of hydrogen-bond acceptors (Lipinski definition) is 3. The smallest absolute Gasteiger partial charge is 0.132 e. The average molecular weight is 309 g/mol. The Balaban J connectivity index is 2.03. The Hall–Kier alpha value is -1.78. The van der Waals surface area contributed by atoms with E-state index in [9.17, 15) is 9.50 Å². The summed E-state index contributed by atoms with van der Waals surface area (Å²) in [6.07, 6.45) is -0.892. The van der Waals surface area contributed by atoms with Crippen molar-refractivity contribution in [2.75, 3.05) is 7.11 Å². The summed E-state index contributed by atoms with van der Waals surface area (Å²) in [6, 6.07) is 9.40. The van der Waals surface area contributed by atoms with E-state index in [-0.39, 0.29) is 0 Å². The van der Waals surface area contributed by atoms with Crippen LogP contribution in [0.4, 0.5) is 4.39 Å². The molecule has 1 aliphatic heterocycles. The predicted molar refractivity (Wildman–Crippen MR) is 77.3 cm³/mol. The summed E-state index contributed by atoms with van der Waals surface area (Å²) in [5, 5.41) is 10.7. The molecule has 1 unspecified atom stereocenters. The van der Waals surface area contributed by atoms with Crippen molar-refractivity contribution in [2.24, 2.45) is 0 Å². The minimum absolute atomic E-state index is 0.332. The lowest BCUT2D eigenvalue weighted by molar-refractivity contribution is 0.0642. The van der Waals surface area contributed by atoms with Crippen molar-refractivity contribution in [3.63, 3.8) is 0 Å². The standard InChI is InChI=1S/C16H14ClFO3/c1-20-13-4-2-3-11(17)16(13)15-8-12(19)10-6-5-9(18)7-14(10)21-15/h2-7,12,15,19H,8H2,1H3/t12-,15?/m1/s1. The van der Waals surface area contributed by atoms with Gasteiger partial charge < -0.3 is 14.6 Å². The Bertz CT molecular complexity index is 675. The highest BCUT2D eigenvalue weighted by atomic mass is 35.5. The van der Waals surface area contributed by atoms with Gasteiger partial charge in [0.1, 0.15) is 23.4 Å². The lowest BCUT2D eigenvalue weighted by Crippen LogP contribution is -2.20. The summed E-state index contributed by atoms with van der Waals surface area (Å²) in [5.41, 5.74) is 1.24. The van der Waals surface area contributed by atoms with E-state index >= 15 is 0 Å². The first-order chi connectivity index (χ1) is 10.1. The molecule has 0 fully saturated rings. The van der Waals surface area contributed by atoms with Crippen molar-refractivity contribution in [1.29, 1.82) is 0 Å². The lowest BCUT2D eigenvalue weighted by atomic mass is 9.94. The zero-order chi connectivity index (χ0) is 15.0. The van der Waals surface area contributed by atoms with E-state index in [1.54, 1.807) is 25.3 Å². The first kappa shape index (κ1) is 14.2. The monoisotopic (exact) mass is 308 g/mol. The second kappa shape index (κ2) is 5.54.